The van der Waals surface area contributed by atoms with E-state index in [1.807, 2.05) is 47.0 Å². The first-order valence-electron chi connectivity index (χ1n) is 10.8. The molecule has 5 rings (SSSR count). The van der Waals surface area contributed by atoms with E-state index >= 15 is 0 Å². The third-order valence-electron chi connectivity index (χ3n) is 5.72. The maximum Gasteiger partial charge on any atom is 1.00 e. The molecule has 0 saturated carbocycles. The predicted molar refractivity (Wildman–Crippen MR) is 127 cm³/mol. The molecule has 33 heavy (non-hydrogen) atoms. The van der Waals surface area contributed by atoms with Crippen molar-refractivity contribution in [3.05, 3.63) is 100 Å². The van der Waals surface area contributed by atoms with Gasteiger partial charge in [0.2, 0.25) is 5.82 Å². The first-order chi connectivity index (χ1) is 15.7. The Hall–Kier alpha value is -3.06. The molecule has 0 unspecified atom stereocenters. The minimum atomic E-state index is 0. The molecule has 3 aromatic carbocycles. The van der Waals surface area contributed by atoms with Gasteiger partial charge in [0.1, 0.15) is 0 Å². The van der Waals surface area contributed by atoms with Crippen molar-refractivity contribution < 1.29 is 31.0 Å². The molecular formula is C26H24N5NaO. The van der Waals surface area contributed by atoms with Crippen molar-refractivity contribution in [1.82, 2.24) is 25.2 Å². The second kappa shape index (κ2) is 10.3. The third-order valence-corrected chi connectivity index (χ3v) is 5.72. The van der Waals surface area contributed by atoms with Gasteiger partial charge in [-0.25, -0.2) is 0 Å². The van der Waals surface area contributed by atoms with Crippen LogP contribution >= 0.6 is 0 Å². The molecule has 0 atom stereocenters. The van der Waals surface area contributed by atoms with Gasteiger partial charge in [-0.3, -0.25) is 4.79 Å². The molecule has 0 spiro atoms. The van der Waals surface area contributed by atoms with Crippen LogP contribution in [0.5, 0.6) is 0 Å². The van der Waals surface area contributed by atoms with Gasteiger partial charge >= 0.3 is 29.6 Å². The van der Waals surface area contributed by atoms with E-state index in [0.717, 1.165) is 51.7 Å². The van der Waals surface area contributed by atoms with Crippen LogP contribution in [0.1, 0.15) is 26.0 Å². The van der Waals surface area contributed by atoms with Crippen molar-refractivity contribution in [3.63, 3.8) is 0 Å². The molecule has 5 aromatic rings. The molecule has 0 fully saturated rings. The van der Waals surface area contributed by atoms with Gasteiger partial charge in [-0.05, 0) is 45.8 Å². The van der Waals surface area contributed by atoms with Crippen molar-refractivity contribution in [3.8, 4) is 22.5 Å². The van der Waals surface area contributed by atoms with E-state index in [-0.39, 0.29) is 36.5 Å². The van der Waals surface area contributed by atoms with Crippen LogP contribution in [-0.2, 0) is 13.0 Å². The summed E-state index contributed by atoms with van der Waals surface area (Å²) in [6.07, 6.45) is 1.61. The van der Waals surface area contributed by atoms with Crippen molar-refractivity contribution in [2.45, 2.75) is 26.3 Å². The number of benzene rings is 3. The van der Waals surface area contributed by atoms with Gasteiger partial charge in [0.05, 0.1) is 0 Å². The number of nitrogens with one attached hydrogen (secondary N) is 1. The fourth-order valence-corrected chi connectivity index (χ4v) is 4.18. The number of hydrogen-bond acceptors (Lipinski definition) is 4. The maximum absolute atomic E-state index is 13.1. The smallest absolute Gasteiger partial charge is 1.00 e. The Labute approximate surface area is 215 Å². The fourth-order valence-electron chi connectivity index (χ4n) is 4.18. The largest absolute Gasteiger partial charge is 1.00 e. The molecular weight excluding hydrogens is 421 g/mol. The SMILES string of the molecule is CCCn1c(Cc2ccc(-c3ccccc3-c3nn[nH]n3)cc2)cc2ccccc2c1=O.[H-].[Na+]. The number of hydrogen-bond donors (Lipinski definition) is 1. The summed E-state index contributed by atoms with van der Waals surface area (Å²) >= 11 is 0. The van der Waals surface area contributed by atoms with Crippen molar-refractivity contribution in [1.29, 1.82) is 0 Å². The Kier molecular flexibility index (Phi) is 7.18. The average molecular weight is 446 g/mol. The average Bonchev–Trinajstić information content (AvgIpc) is 3.37. The fraction of sp³-hybridized carbons (Fsp3) is 0.154. The Bertz CT molecular complexity index is 1430. The van der Waals surface area contributed by atoms with Crippen molar-refractivity contribution in [2.75, 3.05) is 0 Å². The number of pyridine rings is 1. The molecule has 0 amide bonds. The molecule has 2 heterocycles. The number of aromatic nitrogens is 5. The topological polar surface area (TPSA) is 76.5 Å². The van der Waals surface area contributed by atoms with Crippen LogP contribution in [0.25, 0.3) is 33.3 Å². The summed E-state index contributed by atoms with van der Waals surface area (Å²) in [5.74, 6) is 0.574. The minimum Gasteiger partial charge on any atom is -1.00 e. The molecule has 1 N–H and O–H groups in total. The van der Waals surface area contributed by atoms with Crippen LogP contribution in [0.3, 0.4) is 0 Å². The van der Waals surface area contributed by atoms with E-state index in [9.17, 15) is 4.79 Å². The molecule has 0 radical (unpaired) electrons. The van der Waals surface area contributed by atoms with E-state index in [2.05, 4.69) is 63.9 Å². The van der Waals surface area contributed by atoms with Gasteiger partial charge in [0.25, 0.3) is 5.56 Å². The normalized spacial score (nSPS) is 10.8. The zero-order chi connectivity index (χ0) is 21.9. The van der Waals surface area contributed by atoms with Crippen molar-refractivity contribution in [2.24, 2.45) is 0 Å². The number of rotatable bonds is 6. The Morgan fingerprint density at radius 1 is 0.939 bits per heavy atom. The quantitative estimate of drug-likeness (QED) is 0.406. The number of tetrazole rings is 1. The number of fused-ring (bicyclic) bond motifs is 1. The summed E-state index contributed by atoms with van der Waals surface area (Å²) < 4.78 is 1.92. The number of aromatic amines is 1. The summed E-state index contributed by atoms with van der Waals surface area (Å²) in [6.45, 7) is 2.82. The summed E-state index contributed by atoms with van der Waals surface area (Å²) in [4.78, 5) is 13.1. The van der Waals surface area contributed by atoms with Crippen molar-refractivity contribution >= 4 is 10.8 Å². The maximum atomic E-state index is 13.1. The second-order valence-corrected chi connectivity index (χ2v) is 7.83. The molecule has 2 aromatic heterocycles. The monoisotopic (exact) mass is 445 g/mol. The number of H-pyrrole nitrogens is 1. The van der Waals surface area contributed by atoms with Crippen LogP contribution in [0, 0.1) is 0 Å². The minimum absolute atomic E-state index is 0. The van der Waals surface area contributed by atoms with Crippen LogP contribution in [0.4, 0.5) is 0 Å². The molecule has 6 nitrogen and oxygen atoms in total. The van der Waals surface area contributed by atoms with Gasteiger partial charge in [0, 0.05) is 29.6 Å². The Balaban J connectivity index is 0.00000162. The van der Waals surface area contributed by atoms with Crippen LogP contribution in [0.2, 0.25) is 0 Å². The third kappa shape index (κ3) is 4.69. The van der Waals surface area contributed by atoms with Gasteiger partial charge < -0.3 is 5.99 Å². The molecule has 0 aliphatic rings. The zero-order valence-electron chi connectivity index (χ0n) is 19.8. The van der Waals surface area contributed by atoms with Gasteiger partial charge in [-0.15, -0.1) is 10.2 Å². The summed E-state index contributed by atoms with van der Waals surface area (Å²) in [5, 5.41) is 16.2. The van der Waals surface area contributed by atoms with E-state index in [4.69, 9.17) is 0 Å². The van der Waals surface area contributed by atoms with E-state index in [0.29, 0.717) is 12.2 Å². The van der Waals surface area contributed by atoms with Crippen LogP contribution in [0.15, 0.2) is 83.7 Å². The molecule has 7 heteroatoms. The predicted octanol–water partition coefficient (Wildman–Crippen LogP) is 1.97. The molecule has 0 aliphatic heterocycles. The van der Waals surface area contributed by atoms with Gasteiger partial charge in [-0.2, -0.15) is 5.21 Å². The molecule has 0 saturated heterocycles. The summed E-state index contributed by atoms with van der Waals surface area (Å²) in [6, 6.07) is 26.4. The first-order valence-corrected chi connectivity index (χ1v) is 10.8. The van der Waals surface area contributed by atoms with Crippen LogP contribution < -0.4 is 35.1 Å². The number of nitrogens with zero attached hydrogens (tertiary/aromatic N) is 4. The molecule has 0 aliphatic carbocycles. The molecule has 160 valence electrons. The van der Waals surface area contributed by atoms with Gasteiger partial charge in [-0.1, -0.05) is 73.7 Å². The van der Waals surface area contributed by atoms with Gasteiger partial charge in [0.15, 0.2) is 0 Å². The first kappa shape index (κ1) is 23.1. The van der Waals surface area contributed by atoms with E-state index in [1.165, 1.54) is 0 Å². The summed E-state index contributed by atoms with van der Waals surface area (Å²) in [5.41, 5.74) is 5.35. The second-order valence-electron chi connectivity index (χ2n) is 7.83. The van der Waals surface area contributed by atoms with E-state index in [1.54, 1.807) is 0 Å². The standard InChI is InChI=1S/C26H23N5O.Na.H/c1-2-15-31-21(17-20-7-3-4-9-23(20)26(31)32)16-18-11-13-19(14-12-18)22-8-5-6-10-24(22)25-27-29-30-28-25;;/h3-14,17H,2,15-16H2,1H3,(H,27,28,29,30);;/q;+1;-1. The van der Waals surface area contributed by atoms with Crippen LogP contribution in [-0.4, -0.2) is 25.2 Å². The Morgan fingerprint density at radius 3 is 2.39 bits per heavy atom. The molecule has 0 bridgehead atoms. The van der Waals surface area contributed by atoms with E-state index < -0.39 is 0 Å². The zero-order valence-corrected chi connectivity index (χ0v) is 20.8. The summed E-state index contributed by atoms with van der Waals surface area (Å²) in [7, 11) is 0. The Morgan fingerprint density at radius 2 is 1.67 bits per heavy atom.